The Hall–Kier alpha value is -1.91. The van der Waals surface area contributed by atoms with E-state index >= 15 is 0 Å². The summed E-state index contributed by atoms with van der Waals surface area (Å²) in [6.45, 7) is 5.05. The second kappa shape index (κ2) is 7.32. The Morgan fingerprint density at radius 3 is 3.08 bits per heavy atom. The predicted octanol–water partition coefficient (Wildman–Crippen LogP) is 1.17. The molecule has 3 heterocycles. The Morgan fingerprint density at radius 1 is 1.54 bits per heavy atom. The lowest BCUT2D eigenvalue weighted by Gasteiger charge is -2.39. The third-order valence-corrected chi connectivity index (χ3v) is 5.86. The fraction of sp³-hybridized carbons (Fsp3) is 0.412. The molecule has 0 bridgehead atoms. The fourth-order valence-electron chi connectivity index (χ4n) is 3.14. The minimum absolute atomic E-state index is 0.0114. The van der Waals surface area contributed by atoms with E-state index in [1.165, 1.54) is 6.21 Å². The molecule has 0 aromatic heterocycles. The molecule has 0 saturated carbocycles. The van der Waals surface area contributed by atoms with E-state index in [-0.39, 0.29) is 11.7 Å². The van der Waals surface area contributed by atoms with Gasteiger partial charge in [-0.1, -0.05) is 14.7 Å². The molecule has 1 amide bonds. The number of hydrogen-bond donors (Lipinski definition) is 3. The van der Waals surface area contributed by atoms with Gasteiger partial charge in [-0.25, -0.2) is 0 Å². The second-order valence-corrected chi connectivity index (χ2v) is 7.56. The van der Waals surface area contributed by atoms with Gasteiger partial charge in [-0.2, -0.15) is 0 Å². The standard InChI is InChI=1S/C17H24N5OP/c1-12-10-21(6-5-20-12)14-3-4-17-22(11-14)16(23)7-15(24-17)13(8-18)9-19-2/h3-4,7-9,11-12,17-20,24H,5-6,10H2,1-2H3/b13-9+,18-8?/t12-,17?/m0/s1. The topological polar surface area (TPSA) is 71.5 Å². The van der Waals surface area contributed by atoms with E-state index < -0.39 is 0 Å². The zero-order chi connectivity index (χ0) is 17.1. The maximum absolute atomic E-state index is 12.6. The Kier molecular flexibility index (Phi) is 5.17. The van der Waals surface area contributed by atoms with Gasteiger partial charge in [0.15, 0.2) is 0 Å². The van der Waals surface area contributed by atoms with Crippen molar-refractivity contribution in [3.05, 3.63) is 47.2 Å². The number of fused-ring (bicyclic) bond motifs is 1. The number of nitrogens with one attached hydrogen (secondary N) is 3. The zero-order valence-electron chi connectivity index (χ0n) is 14.0. The highest BCUT2D eigenvalue weighted by Crippen LogP contribution is 2.42. The van der Waals surface area contributed by atoms with Gasteiger partial charge in [0.05, 0.1) is 11.5 Å². The highest BCUT2D eigenvalue weighted by Gasteiger charge is 2.30. The molecule has 128 valence electrons. The van der Waals surface area contributed by atoms with Crippen LogP contribution in [0.4, 0.5) is 0 Å². The van der Waals surface area contributed by atoms with E-state index in [0.29, 0.717) is 14.6 Å². The minimum atomic E-state index is -0.0114. The van der Waals surface area contributed by atoms with Gasteiger partial charge in [0.2, 0.25) is 0 Å². The quantitative estimate of drug-likeness (QED) is 0.528. The molecule has 3 aliphatic heterocycles. The molecule has 3 rings (SSSR count). The molecule has 3 N–H and O–H groups in total. The number of nitrogens with zero attached hydrogens (tertiary/aromatic N) is 2. The summed E-state index contributed by atoms with van der Waals surface area (Å²) in [4.78, 5) is 16.7. The zero-order valence-corrected chi connectivity index (χ0v) is 15.0. The van der Waals surface area contributed by atoms with Gasteiger partial charge in [-0.05, 0) is 18.3 Å². The van der Waals surface area contributed by atoms with E-state index in [1.807, 2.05) is 11.1 Å². The summed E-state index contributed by atoms with van der Waals surface area (Å²) < 4.78 is 0. The molecular formula is C17H24N5OP. The Labute approximate surface area is 144 Å². The summed E-state index contributed by atoms with van der Waals surface area (Å²) in [6.07, 6.45) is 11.0. The number of allylic oxidation sites excluding steroid dienone is 3. The normalized spacial score (nSPS) is 28.4. The van der Waals surface area contributed by atoms with Crippen LogP contribution in [0.25, 0.3) is 0 Å². The molecule has 3 atom stereocenters. The van der Waals surface area contributed by atoms with Crippen LogP contribution in [0.1, 0.15) is 6.92 Å². The first-order valence-corrected chi connectivity index (χ1v) is 9.27. The second-order valence-electron chi connectivity index (χ2n) is 6.14. The predicted molar refractivity (Wildman–Crippen MR) is 99.2 cm³/mol. The number of carbonyl (C=O) groups is 1. The Balaban J connectivity index is 1.80. The van der Waals surface area contributed by atoms with Crippen LogP contribution in [0.2, 0.25) is 0 Å². The summed E-state index contributed by atoms with van der Waals surface area (Å²) in [6, 6.07) is 0.457. The SMILES string of the molecule is CN/C=C(\C=N)C1=CC(=O)N2C=C(N3CCN[C@@H](C)C3)C=CC2P1. The van der Waals surface area contributed by atoms with E-state index in [9.17, 15) is 4.79 Å². The summed E-state index contributed by atoms with van der Waals surface area (Å²) >= 11 is 0. The van der Waals surface area contributed by atoms with Gasteiger partial charge in [0.25, 0.3) is 5.91 Å². The number of piperazine rings is 1. The van der Waals surface area contributed by atoms with Gasteiger partial charge < -0.3 is 25.8 Å². The summed E-state index contributed by atoms with van der Waals surface area (Å²) in [5.74, 6) is 0.0458. The van der Waals surface area contributed by atoms with Gasteiger partial charge in [0, 0.05) is 63.0 Å². The molecule has 1 fully saturated rings. The van der Waals surface area contributed by atoms with Crippen molar-refractivity contribution in [3.63, 3.8) is 0 Å². The van der Waals surface area contributed by atoms with Crippen LogP contribution in [0.15, 0.2) is 47.2 Å². The number of hydrogen-bond acceptors (Lipinski definition) is 5. The Bertz CT molecular complexity index is 651. The van der Waals surface area contributed by atoms with Crippen LogP contribution in [0.3, 0.4) is 0 Å². The molecule has 0 radical (unpaired) electrons. The lowest BCUT2D eigenvalue weighted by atomic mass is 10.2. The molecule has 0 aromatic rings. The van der Waals surface area contributed by atoms with E-state index in [2.05, 4.69) is 34.6 Å². The van der Waals surface area contributed by atoms with Crippen LogP contribution in [0.5, 0.6) is 0 Å². The number of amides is 1. The van der Waals surface area contributed by atoms with Crippen molar-refractivity contribution in [3.8, 4) is 0 Å². The van der Waals surface area contributed by atoms with Crippen LogP contribution >= 0.6 is 8.58 Å². The van der Waals surface area contributed by atoms with Gasteiger partial charge in [0.1, 0.15) is 0 Å². The molecule has 6 nitrogen and oxygen atoms in total. The monoisotopic (exact) mass is 345 g/mol. The molecule has 3 aliphatic rings. The number of carbonyl (C=O) groups excluding carboxylic acids is 1. The van der Waals surface area contributed by atoms with Crippen molar-refractivity contribution in [2.75, 3.05) is 26.7 Å². The van der Waals surface area contributed by atoms with Crippen molar-refractivity contribution in [1.82, 2.24) is 20.4 Å². The summed E-state index contributed by atoms with van der Waals surface area (Å²) in [5.41, 5.74) is 1.87. The molecule has 0 aromatic carbocycles. The molecule has 2 unspecified atom stereocenters. The van der Waals surface area contributed by atoms with Crippen LogP contribution in [-0.2, 0) is 4.79 Å². The van der Waals surface area contributed by atoms with Gasteiger partial charge in [-0.15, -0.1) is 0 Å². The van der Waals surface area contributed by atoms with E-state index in [0.717, 1.165) is 36.2 Å². The summed E-state index contributed by atoms with van der Waals surface area (Å²) in [7, 11) is 2.24. The first kappa shape index (κ1) is 16.9. The smallest absolute Gasteiger partial charge is 0.252 e. The van der Waals surface area contributed by atoms with Crippen molar-refractivity contribution in [2.45, 2.75) is 18.7 Å². The van der Waals surface area contributed by atoms with Gasteiger partial charge in [-0.3, -0.25) is 4.79 Å². The third kappa shape index (κ3) is 3.45. The van der Waals surface area contributed by atoms with Crippen LogP contribution < -0.4 is 10.6 Å². The Morgan fingerprint density at radius 2 is 2.38 bits per heavy atom. The van der Waals surface area contributed by atoms with E-state index in [4.69, 9.17) is 5.41 Å². The number of rotatable bonds is 4. The molecule has 7 heteroatoms. The van der Waals surface area contributed by atoms with Crippen molar-refractivity contribution in [1.29, 1.82) is 5.41 Å². The first-order valence-electron chi connectivity index (χ1n) is 8.19. The highest BCUT2D eigenvalue weighted by atomic mass is 31.1. The summed E-state index contributed by atoms with van der Waals surface area (Å²) in [5, 5.41) is 14.9. The van der Waals surface area contributed by atoms with E-state index in [1.54, 1.807) is 19.3 Å². The lowest BCUT2D eigenvalue weighted by Crippen LogP contribution is -2.49. The maximum Gasteiger partial charge on any atom is 0.252 e. The molecule has 0 spiro atoms. The molecular weight excluding hydrogens is 321 g/mol. The minimum Gasteiger partial charge on any atom is -0.393 e. The molecule has 1 saturated heterocycles. The van der Waals surface area contributed by atoms with Crippen LogP contribution in [0, 0.1) is 5.41 Å². The average molecular weight is 345 g/mol. The van der Waals surface area contributed by atoms with Gasteiger partial charge >= 0.3 is 0 Å². The largest absolute Gasteiger partial charge is 0.393 e. The first-order chi connectivity index (χ1) is 11.6. The van der Waals surface area contributed by atoms with Crippen LogP contribution in [-0.4, -0.2) is 60.4 Å². The third-order valence-electron chi connectivity index (χ3n) is 4.35. The molecule has 0 aliphatic carbocycles. The van der Waals surface area contributed by atoms with Crippen molar-refractivity contribution in [2.24, 2.45) is 0 Å². The van der Waals surface area contributed by atoms with Crippen molar-refractivity contribution >= 4 is 20.7 Å². The van der Waals surface area contributed by atoms with Crippen molar-refractivity contribution < 1.29 is 4.79 Å². The lowest BCUT2D eigenvalue weighted by molar-refractivity contribution is -0.124. The molecule has 24 heavy (non-hydrogen) atoms. The average Bonchev–Trinajstić information content (AvgIpc) is 2.59. The highest BCUT2D eigenvalue weighted by molar-refractivity contribution is 7.45. The fourth-order valence-corrected chi connectivity index (χ4v) is 4.51. The maximum atomic E-state index is 12.6.